The minimum atomic E-state index is -3.70. The number of aryl methyl sites for hydroxylation is 1. The summed E-state index contributed by atoms with van der Waals surface area (Å²) in [4.78, 5) is 11.9. The maximum atomic E-state index is 12.1. The molecule has 0 aliphatic heterocycles. The highest BCUT2D eigenvalue weighted by atomic mass is 32.2. The first-order valence-electron chi connectivity index (χ1n) is 10.8. The van der Waals surface area contributed by atoms with E-state index in [4.69, 9.17) is 10.3 Å². The first-order chi connectivity index (χ1) is 15.2. The van der Waals surface area contributed by atoms with Gasteiger partial charge in [-0.1, -0.05) is 60.7 Å². The van der Waals surface area contributed by atoms with E-state index in [0.717, 1.165) is 41.4 Å². The Kier molecular flexibility index (Phi) is 7.54. The van der Waals surface area contributed by atoms with Crippen LogP contribution in [0.2, 0.25) is 0 Å². The fourth-order valence-electron chi connectivity index (χ4n) is 3.96. The third-order valence-corrected chi connectivity index (χ3v) is 8.61. The van der Waals surface area contributed by atoms with E-state index in [-0.39, 0.29) is 13.0 Å². The Bertz CT molecular complexity index is 1050. The number of aliphatic hydroxyl groups excluding tert-OH is 1. The smallest absolute Gasteiger partial charge is 0.264 e. The number of hydroxylamine groups is 1. The average Bonchev–Trinajstić information content (AvgIpc) is 2.76. The van der Waals surface area contributed by atoms with Crippen LogP contribution >= 0.6 is 0 Å². The van der Waals surface area contributed by atoms with Gasteiger partial charge in [0.15, 0.2) is 9.84 Å². The van der Waals surface area contributed by atoms with Gasteiger partial charge in [-0.05, 0) is 66.7 Å². The SMILES string of the molecule is CC(CCc1ccc(-c2ccc(/C=C/C3CC(CO)C3)cc2)cc1)(C(=O)NO)S(C)(=O)=O. The van der Waals surface area contributed by atoms with E-state index in [1.807, 2.05) is 24.3 Å². The number of sulfone groups is 1. The molecule has 1 atom stereocenters. The number of amides is 1. The quantitative estimate of drug-likeness (QED) is 0.394. The number of allylic oxidation sites excluding steroid dienone is 1. The summed E-state index contributed by atoms with van der Waals surface area (Å²) in [6, 6.07) is 16.1. The molecule has 0 heterocycles. The molecule has 2 aromatic carbocycles. The highest BCUT2D eigenvalue weighted by molar-refractivity contribution is 7.92. The van der Waals surface area contributed by atoms with Gasteiger partial charge in [-0.15, -0.1) is 0 Å². The lowest BCUT2D eigenvalue weighted by molar-refractivity contribution is -0.131. The normalized spacial score (nSPS) is 20.5. The summed E-state index contributed by atoms with van der Waals surface area (Å²) in [5.74, 6) is 0.102. The minimum Gasteiger partial charge on any atom is -0.396 e. The van der Waals surface area contributed by atoms with E-state index in [2.05, 4.69) is 36.4 Å². The van der Waals surface area contributed by atoms with Crippen molar-refractivity contribution in [1.29, 1.82) is 0 Å². The van der Waals surface area contributed by atoms with E-state index < -0.39 is 20.5 Å². The maximum absolute atomic E-state index is 12.1. The van der Waals surface area contributed by atoms with Crippen molar-refractivity contribution in [3.63, 3.8) is 0 Å². The topological polar surface area (TPSA) is 104 Å². The van der Waals surface area contributed by atoms with E-state index in [0.29, 0.717) is 18.3 Å². The number of hydrogen-bond donors (Lipinski definition) is 3. The summed E-state index contributed by atoms with van der Waals surface area (Å²) in [7, 11) is -3.70. The van der Waals surface area contributed by atoms with Crippen LogP contribution in [-0.2, 0) is 21.1 Å². The van der Waals surface area contributed by atoms with Crippen molar-refractivity contribution < 1.29 is 23.5 Å². The van der Waals surface area contributed by atoms with Gasteiger partial charge in [-0.3, -0.25) is 10.0 Å². The Morgan fingerprint density at radius 3 is 2.16 bits per heavy atom. The zero-order chi connectivity index (χ0) is 23.4. The second kappa shape index (κ2) is 9.98. The van der Waals surface area contributed by atoms with Crippen LogP contribution in [0.25, 0.3) is 17.2 Å². The molecule has 1 amide bonds. The summed E-state index contributed by atoms with van der Waals surface area (Å²) in [5.41, 5.74) is 5.66. The second-order valence-electron chi connectivity index (χ2n) is 8.90. The van der Waals surface area contributed by atoms with E-state index in [1.165, 1.54) is 12.4 Å². The molecular weight excluding hydrogens is 426 g/mol. The molecular formula is C25H31NO5S. The average molecular weight is 458 g/mol. The Morgan fingerprint density at radius 2 is 1.66 bits per heavy atom. The van der Waals surface area contributed by atoms with Gasteiger partial charge in [0.05, 0.1) is 0 Å². The van der Waals surface area contributed by atoms with Crippen molar-refractivity contribution in [2.24, 2.45) is 11.8 Å². The number of carbonyl (C=O) groups excluding carboxylic acids is 1. The second-order valence-corrected chi connectivity index (χ2v) is 11.3. The molecule has 1 aliphatic carbocycles. The predicted octanol–water partition coefficient (Wildman–Crippen LogP) is 3.63. The van der Waals surface area contributed by atoms with Gasteiger partial charge >= 0.3 is 0 Å². The molecule has 0 radical (unpaired) electrons. The van der Waals surface area contributed by atoms with Gasteiger partial charge in [0.1, 0.15) is 4.75 Å². The summed E-state index contributed by atoms with van der Waals surface area (Å²) in [6.45, 7) is 1.61. The molecule has 1 fully saturated rings. The molecule has 0 spiro atoms. The van der Waals surface area contributed by atoms with Crippen LogP contribution in [-0.4, -0.2) is 42.2 Å². The fraction of sp³-hybridized carbons (Fsp3) is 0.400. The van der Waals surface area contributed by atoms with Crippen LogP contribution in [0.15, 0.2) is 54.6 Å². The van der Waals surface area contributed by atoms with Crippen LogP contribution in [0.4, 0.5) is 0 Å². The van der Waals surface area contributed by atoms with Crippen molar-refractivity contribution in [1.82, 2.24) is 5.48 Å². The Hall–Kier alpha value is -2.48. The molecule has 1 saturated carbocycles. The van der Waals surface area contributed by atoms with Crippen molar-refractivity contribution in [3.8, 4) is 11.1 Å². The number of benzene rings is 2. The van der Waals surface area contributed by atoms with Crippen molar-refractivity contribution in [2.75, 3.05) is 12.9 Å². The number of nitrogens with one attached hydrogen (secondary N) is 1. The van der Waals surface area contributed by atoms with Crippen molar-refractivity contribution in [2.45, 2.75) is 37.4 Å². The van der Waals surface area contributed by atoms with Crippen LogP contribution in [0.1, 0.15) is 37.3 Å². The first-order valence-corrected chi connectivity index (χ1v) is 12.7. The molecule has 0 bridgehead atoms. The lowest BCUT2D eigenvalue weighted by Gasteiger charge is -2.31. The van der Waals surface area contributed by atoms with Gasteiger partial charge in [-0.2, -0.15) is 0 Å². The van der Waals surface area contributed by atoms with E-state index in [9.17, 15) is 13.2 Å². The third-order valence-electron chi connectivity index (χ3n) is 6.58. The zero-order valence-corrected chi connectivity index (χ0v) is 19.3. The molecule has 0 saturated heterocycles. The lowest BCUT2D eigenvalue weighted by Crippen LogP contribution is -2.49. The van der Waals surface area contributed by atoms with Crippen LogP contribution in [0.5, 0.6) is 0 Å². The van der Waals surface area contributed by atoms with Crippen molar-refractivity contribution >= 4 is 21.8 Å². The van der Waals surface area contributed by atoms with Gasteiger partial charge in [0, 0.05) is 12.9 Å². The van der Waals surface area contributed by atoms with Gasteiger partial charge < -0.3 is 5.11 Å². The molecule has 7 heteroatoms. The molecule has 0 aromatic heterocycles. The highest BCUT2D eigenvalue weighted by Gasteiger charge is 2.43. The Balaban J connectivity index is 1.61. The molecule has 2 aromatic rings. The fourth-order valence-corrected chi connectivity index (χ4v) is 4.81. The molecule has 1 aliphatic rings. The molecule has 32 heavy (non-hydrogen) atoms. The summed E-state index contributed by atoms with van der Waals surface area (Å²) < 4.78 is 22.5. The van der Waals surface area contributed by atoms with Crippen LogP contribution in [0.3, 0.4) is 0 Å². The lowest BCUT2D eigenvalue weighted by atomic mass is 9.75. The molecule has 3 N–H and O–H groups in total. The number of aliphatic hydroxyl groups is 1. The monoisotopic (exact) mass is 457 g/mol. The largest absolute Gasteiger partial charge is 0.396 e. The predicted molar refractivity (Wildman–Crippen MR) is 126 cm³/mol. The molecule has 172 valence electrons. The zero-order valence-electron chi connectivity index (χ0n) is 18.5. The van der Waals surface area contributed by atoms with Gasteiger partial charge in [-0.25, -0.2) is 13.9 Å². The minimum absolute atomic E-state index is 0.0681. The third kappa shape index (κ3) is 5.46. The summed E-state index contributed by atoms with van der Waals surface area (Å²) in [5, 5.41) is 18.0. The van der Waals surface area contributed by atoms with Crippen LogP contribution < -0.4 is 5.48 Å². The molecule has 6 nitrogen and oxygen atoms in total. The number of carbonyl (C=O) groups is 1. The van der Waals surface area contributed by atoms with Gasteiger partial charge in [0.25, 0.3) is 5.91 Å². The van der Waals surface area contributed by atoms with Crippen LogP contribution in [0, 0.1) is 11.8 Å². The number of hydrogen-bond acceptors (Lipinski definition) is 5. The van der Waals surface area contributed by atoms with E-state index >= 15 is 0 Å². The van der Waals surface area contributed by atoms with E-state index in [1.54, 1.807) is 0 Å². The Labute approximate surface area is 189 Å². The first kappa shape index (κ1) is 24.2. The standard InChI is InChI=1S/C25H31NO5S/c1-25(24(28)26-29,32(2,30)31)14-13-19-7-11-23(12-8-19)22-9-5-18(6-10-22)3-4-20-15-21(16-20)17-27/h3-12,20-21,27,29H,13-17H2,1-2H3,(H,26,28)/b4-3+. The summed E-state index contributed by atoms with van der Waals surface area (Å²) >= 11 is 0. The molecule has 1 unspecified atom stereocenters. The highest BCUT2D eigenvalue weighted by Crippen LogP contribution is 2.34. The Morgan fingerprint density at radius 1 is 1.09 bits per heavy atom. The summed E-state index contributed by atoms with van der Waals surface area (Å²) in [6.07, 6.45) is 7.93. The van der Waals surface area contributed by atoms with Gasteiger partial charge in [0.2, 0.25) is 0 Å². The molecule has 3 rings (SSSR count). The maximum Gasteiger partial charge on any atom is 0.264 e. The van der Waals surface area contributed by atoms with Crippen molar-refractivity contribution in [3.05, 3.63) is 65.7 Å². The number of rotatable bonds is 9.